The number of carbonyl (C=O) groups excluding carboxylic acids is 1. The van der Waals surface area contributed by atoms with Crippen LogP contribution in [0.15, 0.2) is 18.3 Å². The van der Waals surface area contributed by atoms with Gasteiger partial charge in [-0.25, -0.2) is 9.97 Å². The average molecular weight is 413 g/mol. The minimum atomic E-state index is -0.602. The minimum absolute atomic E-state index is 0.196. The molecular weight excluding hydrogens is 383 g/mol. The Morgan fingerprint density at radius 2 is 1.93 bits per heavy atom. The van der Waals surface area contributed by atoms with Crippen molar-refractivity contribution in [2.75, 3.05) is 10.6 Å². The molecule has 3 saturated carbocycles. The number of carbonyl (C=O) groups is 1. The van der Waals surface area contributed by atoms with E-state index in [1.54, 1.807) is 0 Å². The Hall–Kier alpha value is -2.48. The van der Waals surface area contributed by atoms with E-state index in [0.717, 1.165) is 44.3 Å². The fourth-order valence-corrected chi connectivity index (χ4v) is 5.68. The summed E-state index contributed by atoms with van der Waals surface area (Å²) in [6, 6.07) is 3.21. The van der Waals surface area contributed by atoms with Crippen molar-refractivity contribution in [2.24, 2.45) is 18.2 Å². The molecule has 0 bridgehead atoms. The molecule has 0 atom stereocenters. The first kappa shape index (κ1) is 19.5. The first-order valence-electron chi connectivity index (χ1n) is 10.9. The second-order valence-electron chi connectivity index (χ2n) is 9.48. The van der Waals surface area contributed by atoms with Crippen LogP contribution in [0.2, 0.25) is 0 Å². The zero-order valence-electron chi connectivity index (χ0n) is 17.3. The number of nitrogens with two attached hydrogens (primary N) is 1. The van der Waals surface area contributed by atoms with Crippen molar-refractivity contribution in [3.63, 3.8) is 0 Å². The van der Waals surface area contributed by atoms with E-state index in [9.17, 15) is 9.18 Å². The molecule has 0 saturated heterocycles. The van der Waals surface area contributed by atoms with Crippen molar-refractivity contribution in [2.45, 2.75) is 69.4 Å². The van der Waals surface area contributed by atoms with Crippen molar-refractivity contribution in [1.29, 1.82) is 0 Å². The molecule has 2 aromatic rings. The van der Waals surface area contributed by atoms with Crippen molar-refractivity contribution >= 4 is 17.5 Å². The van der Waals surface area contributed by atoms with E-state index >= 15 is 0 Å². The molecule has 3 fully saturated rings. The van der Waals surface area contributed by atoms with E-state index in [4.69, 9.17) is 5.73 Å². The summed E-state index contributed by atoms with van der Waals surface area (Å²) in [5, 5.41) is 6.14. The third-order valence-corrected chi connectivity index (χ3v) is 7.07. The van der Waals surface area contributed by atoms with Crippen LogP contribution in [0.4, 0.5) is 16.0 Å². The highest BCUT2D eigenvalue weighted by Gasteiger charge is 2.51. The molecule has 1 amide bonds. The SMILES string of the molecule is Cn1cc(NC(=O)c2ccc(F)nc2NC2CC3(CC(N)C3)C2)nc1C1CCCC1. The maximum absolute atomic E-state index is 13.8. The average Bonchev–Trinajstić information content (AvgIpc) is 3.28. The lowest BCUT2D eigenvalue weighted by molar-refractivity contribution is 0.00108. The van der Waals surface area contributed by atoms with E-state index < -0.39 is 5.95 Å². The molecule has 3 aliphatic rings. The second-order valence-corrected chi connectivity index (χ2v) is 9.48. The summed E-state index contributed by atoms with van der Waals surface area (Å²) in [5.41, 5.74) is 6.60. The Bertz CT molecular complexity index is 953. The summed E-state index contributed by atoms with van der Waals surface area (Å²) in [4.78, 5) is 21.5. The fraction of sp³-hybridized carbons (Fsp3) is 0.591. The van der Waals surface area contributed by atoms with E-state index in [-0.39, 0.29) is 11.9 Å². The summed E-state index contributed by atoms with van der Waals surface area (Å²) in [6.07, 6.45) is 10.7. The van der Waals surface area contributed by atoms with Crippen LogP contribution < -0.4 is 16.4 Å². The number of imidazole rings is 1. The minimum Gasteiger partial charge on any atom is -0.367 e. The van der Waals surface area contributed by atoms with E-state index in [2.05, 4.69) is 20.6 Å². The standard InChI is InChI=1S/C22H29FN6O/c1-29-12-18(27-20(29)13-4-2-3-5-13)28-21(30)16-6-7-17(23)26-19(16)25-15-10-22(11-15)8-14(24)9-22/h6-7,12-15H,2-5,8-11,24H2,1H3,(H,25,26)(H,28,30). The number of rotatable bonds is 5. The lowest BCUT2D eigenvalue weighted by Gasteiger charge is -2.57. The van der Waals surface area contributed by atoms with Crippen molar-refractivity contribution in [3.05, 3.63) is 35.7 Å². The van der Waals surface area contributed by atoms with Gasteiger partial charge >= 0.3 is 0 Å². The summed E-state index contributed by atoms with van der Waals surface area (Å²) in [7, 11) is 1.96. The lowest BCUT2D eigenvalue weighted by atomic mass is 9.52. The Balaban J connectivity index is 1.28. The number of halogens is 1. The number of nitrogens with one attached hydrogen (secondary N) is 2. The quantitative estimate of drug-likeness (QED) is 0.653. The molecule has 0 unspecified atom stereocenters. The molecule has 3 aliphatic carbocycles. The fourth-order valence-electron chi connectivity index (χ4n) is 5.68. The summed E-state index contributed by atoms with van der Waals surface area (Å²) in [5.74, 6) is 1.34. The Morgan fingerprint density at radius 1 is 1.20 bits per heavy atom. The summed E-state index contributed by atoms with van der Waals surface area (Å²) < 4.78 is 15.8. The third-order valence-electron chi connectivity index (χ3n) is 7.07. The smallest absolute Gasteiger partial charge is 0.260 e. The van der Waals surface area contributed by atoms with Crippen LogP contribution in [0.3, 0.4) is 0 Å². The highest BCUT2D eigenvalue weighted by atomic mass is 19.1. The van der Waals surface area contributed by atoms with Gasteiger partial charge in [0.1, 0.15) is 11.6 Å². The zero-order chi connectivity index (χ0) is 20.9. The number of amides is 1. The molecule has 4 N–H and O–H groups in total. The van der Waals surface area contributed by atoms with Crippen LogP contribution in [0.1, 0.15) is 73.5 Å². The van der Waals surface area contributed by atoms with Crippen LogP contribution >= 0.6 is 0 Å². The largest absolute Gasteiger partial charge is 0.367 e. The molecule has 7 nitrogen and oxygen atoms in total. The van der Waals surface area contributed by atoms with Gasteiger partial charge in [0.15, 0.2) is 5.82 Å². The molecule has 30 heavy (non-hydrogen) atoms. The van der Waals surface area contributed by atoms with Crippen molar-refractivity contribution in [3.8, 4) is 0 Å². The molecule has 2 heterocycles. The van der Waals surface area contributed by atoms with Gasteiger partial charge in [0.25, 0.3) is 5.91 Å². The van der Waals surface area contributed by atoms with Crippen molar-refractivity contribution in [1.82, 2.24) is 14.5 Å². The van der Waals surface area contributed by atoms with Gasteiger partial charge in [-0.2, -0.15) is 4.39 Å². The molecule has 2 aromatic heterocycles. The van der Waals surface area contributed by atoms with Gasteiger partial charge in [0.05, 0.1) is 5.56 Å². The van der Waals surface area contributed by atoms with Gasteiger partial charge in [0.2, 0.25) is 5.95 Å². The van der Waals surface area contributed by atoms with E-state index in [1.165, 1.54) is 25.0 Å². The van der Waals surface area contributed by atoms with Gasteiger partial charge in [-0.3, -0.25) is 4.79 Å². The normalized spacial score (nSPS) is 28.2. The molecule has 160 valence electrons. The van der Waals surface area contributed by atoms with Crippen LogP contribution in [-0.2, 0) is 7.05 Å². The number of hydrogen-bond donors (Lipinski definition) is 3. The third kappa shape index (κ3) is 3.57. The highest BCUT2D eigenvalue weighted by molar-refractivity contribution is 6.07. The summed E-state index contributed by atoms with van der Waals surface area (Å²) in [6.45, 7) is 0. The predicted octanol–water partition coefficient (Wildman–Crippen LogP) is 3.55. The Kier molecular flexibility index (Phi) is 4.76. The van der Waals surface area contributed by atoms with E-state index in [0.29, 0.717) is 34.6 Å². The molecule has 1 spiro atoms. The zero-order valence-corrected chi connectivity index (χ0v) is 17.3. The van der Waals surface area contributed by atoms with Gasteiger partial charge in [0, 0.05) is 31.2 Å². The summed E-state index contributed by atoms with van der Waals surface area (Å²) >= 11 is 0. The molecule has 0 aromatic carbocycles. The second kappa shape index (κ2) is 7.34. The van der Waals surface area contributed by atoms with Gasteiger partial charge in [-0.05, 0) is 56.1 Å². The maximum Gasteiger partial charge on any atom is 0.260 e. The first-order chi connectivity index (χ1) is 14.4. The van der Waals surface area contributed by atoms with Crippen LogP contribution in [0.25, 0.3) is 0 Å². The number of anilines is 2. The van der Waals surface area contributed by atoms with Crippen molar-refractivity contribution < 1.29 is 9.18 Å². The highest BCUT2D eigenvalue weighted by Crippen LogP contribution is 2.55. The van der Waals surface area contributed by atoms with Crippen LogP contribution in [0.5, 0.6) is 0 Å². The molecule has 8 heteroatoms. The van der Waals surface area contributed by atoms with Crippen LogP contribution in [-0.4, -0.2) is 32.5 Å². The van der Waals surface area contributed by atoms with Gasteiger partial charge in [-0.1, -0.05) is 12.8 Å². The topological polar surface area (TPSA) is 97.9 Å². The number of aromatic nitrogens is 3. The monoisotopic (exact) mass is 412 g/mol. The van der Waals surface area contributed by atoms with E-state index in [1.807, 2.05) is 17.8 Å². The van der Waals surface area contributed by atoms with Gasteiger partial charge in [-0.15, -0.1) is 0 Å². The predicted molar refractivity (Wildman–Crippen MR) is 113 cm³/mol. The molecular formula is C22H29FN6O. The van der Waals surface area contributed by atoms with Crippen LogP contribution in [0, 0.1) is 11.4 Å². The lowest BCUT2D eigenvalue weighted by Crippen LogP contribution is -2.57. The molecule has 0 radical (unpaired) electrons. The number of nitrogens with zero attached hydrogens (tertiary/aromatic N) is 3. The first-order valence-corrected chi connectivity index (χ1v) is 10.9. The maximum atomic E-state index is 13.8. The van der Waals surface area contributed by atoms with Gasteiger partial charge < -0.3 is 20.9 Å². The number of aryl methyl sites for hydroxylation is 1. The number of hydrogen-bond acceptors (Lipinski definition) is 5. The molecule has 0 aliphatic heterocycles. The Morgan fingerprint density at radius 3 is 2.63 bits per heavy atom. The molecule has 5 rings (SSSR count). The number of pyridine rings is 1. The Labute approximate surface area is 175 Å².